The van der Waals surface area contributed by atoms with E-state index in [1.54, 1.807) is 17.9 Å². The first-order valence-corrected chi connectivity index (χ1v) is 11.5. The second-order valence-electron chi connectivity index (χ2n) is 6.70. The van der Waals surface area contributed by atoms with Crippen LogP contribution in [0.4, 0.5) is 0 Å². The Bertz CT molecular complexity index is 832. The van der Waals surface area contributed by atoms with E-state index in [0.717, 1.165) is 17.5 Å². The number of nitrogens with one attached hydrogen (secondary N) is 1. The summed E-state index contributed by atoms with van der Waals surface area (Å²) in [6.07, 6.45) is 0.842. The predicted octanol–water partition coefficient (Wildman–Crippen LogP) is 5.17. The Morgan fingerprint density at radius 1 is 1.14 bits per heavy atom. The minimum Gasteiger partial charge on any atom is -0.354 e. The third-order valence-corrected chi connectivity index (χ3v) is 5.97. The van der Waals surface area contributed by atoms with Gasteiger partial charge in [-0.1, -0.05) is 60.5 Å². The minimum absolute atomic E-state index is 0.0961. The molecular formula is C22H26Cl2N2O2S. The van der Waals surface area contributed by atoms with Gasteiger partial charge in [0.15, 0.2) is 0 Å². The molecule has 2 aromatic rings. The Labute approximate surface area is 187 Å². The molecule has 0 aliphatic heterocycles. The van der Waals surface area contributed by atoms with Crippen LogP contribution in [-0.4, -0.2) is 35.1 Å². The van der Waals surface area contributed by atoms with E-state index in [1.165, 1.54) is 11.8 Å². The largest absolute Gasteiger partial charge is 0.354 e. The van der Waals surface area contributed by atoms with Crippen molar-refractivity contribution in [2.45, 2.75) is 38.6 Å². The molecule has 0 heterocycles. The molecule has 1 atom stereocenters. The maximum Gasteiger partial charge on any atom is 0.242 e. The van der Waals surface area contributed by atoms with Crippen molar-refractivity contribution in [1.29, 1.82) is 0 Å². The molecule has 2 rings (SSSR count). The summed E-state index contributed by atoms with van der Waals surface area (Å²) in [5.41, 5.74) is 1.87. The number of hydrogen-bond acceptors (Lipinski definition) is 3. The summed E-state index contributed by atoms with van der Waals surface area (Å²) in [6, 6.07) is 14.4. The molecule has 0 spiro atoms. The van der Waals surface area contributed by atoms with Gasteiger partial charge in [-0.05, 0) is 42.7 Å². The van der Waals surface area contributed by atoms with Crippen LogP contribution >= 0.6 is 35.0 Å². The maximum atomic E-state index is 13.0. The number of carbonyl (C=O) groups excluding carboxylic acids is 2. The Balaban J connectivity index is 2.07. The third-order valence-electron chi connectivity index (χ3n) is 4.40. The number of rotatable bonds is 10. The van der Waals surface area contributed by atoms with Crippen molar-refractivity contribution < 1.29 is 9.59 Å². The number of benzene rings is 2. The zero-order chi connectivity index (χ0) is 21.2. The quantitative estimate of drug-likeness (QED) is 0.540. The fourth-order valence-electron chi connectivity index (χ4n) is 2.76. The molecule has 1 N–H and O–H groups in total. The third kappa shape index (κ3) is 7.57. The van der Waals surface area contributed by atoms with E-state index in [1.807, 2.05) is 49.4 Å². The van der Waals surface area contributed by atoms with Gasteiger partial charge in [0.05, 0.1) is 5.75 Å². The smallest absolute Gasteiger partial charge is 0.242 e. The zero-order valence-electron chi connectivity index (χ0n) is 16.7. The van der Waals surface area contributed by atoms with Crippen molar-refractivity contribution in [1.82, 2.24) is 10.2 Å². The number of nitrogens with zero attached hydrogens (tertiary/aromatic N) is 1. The summed E-state index contributed by atoms with van der Waals surface area (Å²) in [5, 5.41) is 4.16. The molecular weight excluding hydrogens is 427 g/mol. The molecule has 0 aliphatic carbocycles. The van der Waals surface area contributed by atoms with Gasteiger partial charge in [0.2, 0.25) is 11.8 Å². The number of amides is 2. The van der Waals surface area contributed by atoms with Crippen LogP contribution in [-0.2, 0) is 21.9 Å². The van der Waals surface area contributed by atoms with Crippen LogP contribution in [0.3, 0.4) is 0 Å². The average Bonchev–Trinajstić information content (AvgIpc) is 2.71. The van der Waals surface area contributed by atoms with Crippen LogP contribution < -0.4 is 5.32 Å². The fraction of sp³-hybridized carbons (Fsp3) is 0.364. The Kier molecular flexibility index (Phi) is 9.85. The lowest BCUT2D eigenvalue weighted by Gasteiger charge is -2.29. The van der Waals surface area contributed by atoms with Crippen molar-refractivity contribution in [2.24, 2.45) is 0 Å². The molecule has 156 valence electrons. The highest BCUT2D eigenvalue weighted by Crippen LogP contribution is 2.22. The molecule has 2 amide bonds. The summed E-state index contributed by atoms with van der Waals surface area (Å²) in [4.78, 5) is 27.1. The molecule has 0 fully saturated rings. The first-order chi connectivity index (χ1) is 13.9. The van der Waals surface area contributed by atoms with E-state index in [2.05, 4.69) is 5.32 Å². The molecule has 0 aliphatic rings. The average molecular weight is 453 g/mol. The topological polar surface area (TPSA) is 49.4 Å². The van der Waals surface area contributed by atoms with Gasteiger partial charge in [-0.2, -0.15) is 0 Å². The number of thioether (sulfide) groups is 1. The summed E-state index contributed by atoms with van der Waals surface area (Å²) in [6.45, 7) is 4.66. The van der Waals surface area contributed by atoms with Gasteiger partial charge in [0.1, 0.15) is 6.04 Å². The van der Waals surface area contributed by atoms with E-state index in [0.29, 0.717) is 28.9 Å². The standard InChI is InChI=1S/C22H26Cl2N2O2S/c1-3-11-25-22(28)16(2)26(13-17-7-6-9-19(23)12-17)21(27)15-29-14-18-8-4-5-10-20(18)24/h4-10,12,16H,3,11,13-15H2,1-2H3,(H,25,28)/t16-/m0/s1. The molecule has 2 aromatic carbocycles. The molecule has 0 saturated carbocycles. The SMILES string of the molecule is CCCNC(=O)[C@H](C)N(Cc1cccc(Cl)c1)C(=O)CSCc1ccccc1Cl. The van der Waals surface area contributed by atoms with E-state index >= 15 is 0 Å². The van der Waals surface area contributed by atoms with Crippen LogP contribution in [0.2, 0.25) is 10.0 Å². The lowest BCUT2D eigenvalue weighted by molar-refractivity contribution is -0.138. The van der Waals surface area contributed by atoms with Gasteiger partial charge in [0, 0.05) is 28.9 Å². The van der Waals surface area contributed by atoms with Crippen LogP contribution in [0, 0.1) is 0 Å². The molecule has 0 saturated heterocycles. The van der Waals surface area contributed by atoms with Crippen LogP contribution in [0.1, 0.15) is 31.4 Å². The lowest BCUT2D eigenvalue weighted by atomic mass is 10.1. The summed E-state index contributed by atoms with van der Waals surface area (Å²) in [7, 11) is 0. The first kappa shape index (κ1) is 23.6. The molecule has 4 nitrogen and oxygen atoms in total. The van der Waals surface area contributed by atoms with Gasteiger partial charge in [-0.25, -0.2) is 0 Å². The maximum absolute atomic E-state index is 13.0. The second kappa shape index (κ2) is 12.1. The van der Waals surface area contributed by atoms with Gasteiger partial charge in [0.25, 0.3) is 0 Å². The van der Waals surface area contributed by atoms with Crippen molar-refractivity contribution >= 4 is 46.8 Å². The predicted molar refractivity (Wildman–Crippen MR) is 122 cm³/mol. The van der Waals surface area contributed by atoms with Crippen LogP contribution in [0.15, 0.2) is 48.5 Å². The van der Waals surface area contributed by atoms with Crippen molar-refractivity contribution in [2.75, 3.05) is 12.3 Å². The normalized spacial score (nSPS) is 11.7. The first-order valence-electron chi connectivity index (χ1n) is 9.55. The summed E-state index contributed by atoms with van der Waals surface area (Å²) >= 11 is 13.8. The second-order valence-corrected chi connectivity index (χ2v) is 8.53. The lowest BCUT2D eigenvalue weighted by Crippen LogP contribution is -2.48. The van der Waals surface area contributed by atoms with Crippen molar-refractivity contribution in [3.63, 3.8) is 0 Å². The minimum atomic E-state index is -0.575. The van der Waals surface area contributed by atoms with Crippen molar-refractivity contribution in [3.05, 3.63) is 69.7 Å². The molecule has 0 bridgehead atoms. The molecule has 0 aromatic heterocycles. The summed E-state index contributed by atoms with van der Waals surface area (Å²) < 4.78 is 0. The number of hydrogen-bond donors (Lipinski definition) is 1. The van der Waals surface area contributed by atoms with E-state index < -0.39 is 6.04 Å². The molecule has 0 radical (unpaired) electrons. The highest BCUT2D eigenvalue weighted by Gasteiger charge is 2.25. The van der Waals surface area contributed by atoms with Crippen LogP contribution in [0.5, 0.6) is 0 Å². The van der Waals surface area contributed by atoms with E-state index in [9.17, 15) is 9.59 Å². The fourth-order valence-corrected chi connectivity index (χ4v) is 4.17. The van der Waals surface area contributed by atoms with Gasteiger partial charge >= 0.3 is 0 Å². The Morgan fingerprint density at radius 3 is 2.59 bits per heavy atom. The molecule has 29 heavy (non-hydrogen) atoms. The van der Waals surface area contributed by atoms with Crippen LogP contribution in [0.25, 0.3) is 0 Å². The highest BCUT2D eigenvalue weighted by atomic mass is 35.5. The zero-order valence-corrected chi connectivity index (χ0v) is 19.0. The Hall–Kier alpha value is -1.69. The van der Waals surface area contributed by atoms with E-state index in [-0.39, 0.29) is 17.6 Å². The van der Waals surface area contributed by atoms with Gasteiger partial charge < -0.3 is 10.2 Å². The molecule has 7 heteroatoms. The van der Waals surface area contributed by atoms with Gasteiger partial charge in [-0.15, -0.1) is 11.8 Å². The number of halogens is 2. The van der Waals surface area contributed by atoms with E-state index in [4.69, 9.17) is 23.2 Å². The highest BCUT2D eigenvalue weighted by molar-refractivity contribution is 7.99. The van der Waals surface area contributed by atoms with Gasteiger partial charge in [-0.3, -0.25) is 9.59 Å². The summed E-state index contributed by atoms with van der Waals surface area (Å²) in [5.74, 6) is 0.642. The Morgan fingerprint density at radius 2 is 1.90 bits per heavy atom. The van der Waals surface area contributed by atoms with Crippen molar-refractivity contribution in [3.8, 4) is 0 Å². The number of carbonyl (C=O) groups is 2. The monoisotopic (exact) mass is 452 g/mol. The molecule has 0 unspecified atom stereocenters.